The Morgan fingerprint density at radius 3 is 2.58 bits per heavy atom. The Labute approximate surface area is 115 Å². The van der Waals surface area contributed by atoms with E-state index in [4.69, 9.17) is 10.8 Å². The van der Waals surface area contributed by atoms with Crippen LogP contribution in [-0.2, 0) is 18.4 Å². The SMILES string of the molecule is CC(C)(C)c1ccc2c(c1)c(CCN)cn2CCO. The first-order valence-corrected chi connectivity index (χ1v) is 6.90. The molecule has 19 heavy (non-hydrogen) atoms. The summed E-state index contributed by atoms with van der Waals surface area (Å²) in [5.41, 5.74) is 9.64. The second-order valence-electron chi connectivity index (χ2n) is 6.09. The molecule has 0 unspecified atom stereocenters. The highest BCUT2D eigenvalue weighted by Crippen LogP contribution is 2.29. The zero-order chi connectivity index (χ0) is 14.0. The molecule has 1 heterocycles. The molecule has 2 aromatic rings. The van der Waals surface area contributed by atoms with Gasteiger partial charge in [-0.25, -0.2) is 0 Å². The Hall–Kier alpha value is -1.32. The van der Waals surface area contributed by atoms with Gasteiger partial charge in [0.15, 0.2) is 0 Å². The molecule has 0 atom stereocenters. The number of fused-ring (bicyclic) bond motifs is 1. The molecule has 0 amide bonds. The van der Waals surface area contributed by atoms with E-state index in [2.05, 4.69) is 49.7 Å². The molecule has 104 valence electrons. The van der Waals surface area contributed by atoms with E-state index in [0.717, 1.165) is 6.42 Å². The highest BCUT2D eigenvalue weighted by Gasteiger charge is 2.16. The molecule has 3 heteroatoms. The molecule has 0 saturated heterocycles. The lowest BCUT2D eigenvalue weighted by atomic mass is 9.86. The van der Waals surface area contributed by atoms with Crippen LogP contribution in [0.15, 0.2) is 24.4 Å². The summed E-state index contributed by atoms with van der Waals surface area (Å²) in [5, 5.41) is 10.4. The van der Waals surface area contributed by atoms with Crippen LogP contribution < -0.4 is 5.73 Å². The van der Waals surface area contributed by atoms with Gasteiger partial charge in [-0.1, -0.05) is 26.8 Å². The zero-order valence-corrected chi connectivity index (χ0v) is 12.1. The number of nitrogens with zero attached hydrogens (tertiary/aromatic N) is 1. The van der Waals surface area contributed by atoms with Crippen molar-refractivity contribution in [3.8, 4) is 0 Å². The first kappa shape index (κ1) is 14.1. The number of aromatic nitrogens is 1. The number of hydrogen-bond donors (Lipinski definition) is 2. The van der Waals surface area contributed by atoms with Gasteiger partial charge in [-0.3, -0.25) is 0 Å². The van der Waals surface area contributed by atoms with E-state index in [9.17, 15) is 0 Å². The minimum absolute atomic E-state index is 0.146. The van der Waals surface area contributed by atoms with Gasteiger partial charge in [0.1, 0.15) is 0 Å². The van der Waals surface area contributed by atoms with Crippen molar-refractivity contribution >= 4 is 10.9 Å². The summed E-state index contributed by atoms with van der Waals surface area (Å²) >= 11 is 0. The zero-order valence-electron chi connectivity index (χ0n) is 12.1. The Morgan fingerprint density at radius 2 is 2.00 bits per heavy atom. The molecule has 1 aromatic heterocycles. The van der Waals surface area contributed by atoms with Crippen LogP contribution >= 0.6 is 0 Å². The second-order valence-corrected chi connectivity index (χ2v) is 6.09. The van der Waals surface area contributed by atoms with Gasteiger partial charge < -0.3 is 15.4 Å². The molecule has 2 rings (SSSR count). The van der Waals surface area contributed by atoms with E-state index in [1.165, 1.54) is 22.0 Å². The third-order valence-electron chi connectivity index (χ3n) is 3.58. The highest BCUT2D eigenvalue weighted by atomic mass is 16.3. The molecular formula is C16H24N2O. The lowest BCUT2D eigenvalue weighted by molar-refractivity contribution is 0.278. The summed E-state index contributed by atoms with van der Waals surface area (Å²) in [4.78, 5) is 0. The van der Waals surface area contributed by atoms with Crippen molar-refractivity contribution in [1.82, 2.24) is 4.57 Å². The lowest BCUT2D eigenvalue weighted by Crippen LogP contribution is -2.10. The van der Waals surface area contributed by atoms with E-state index in [1.807, 2.05) is 0 Å². The minimum Gasteiger partial charge on any atom is -0.395 e. The van der Waals surface area contributed by atoms with Gasteiger partial charge in [0.2, 0.25) is 0 Å². The van der Waals surface area contributed by atoms with Crippen LogP contribution in [0.2, 0.25) is 0 Å². The fourth-order valence-corrected chi connectivity index (χ4v) is 2.48. The molecule has 0 fully saturated rings. The molecule has 3 N–H and O–H groups in total. The topological polar surface area (TPSA) is 51.2 Å². The van der Waals surface area contributed by atoms with Gasteiger partial charge in [0.05, 0.1) is 6.61 Å². The van der Waals surface area contributed by atoms with Crippen molar-refractivity contribution in [2.75, 3.05) is 13.2 Å². The Kier molecular flexibility index (Phi) is 3.97. The minimum atomic E-state index is 0.146. The maximum atomic E-state index is 9.16. The van der Waals surface area contributed by atoms with Crippen molar-refractivity contribution in [1.29, 1.82) is 0 Å². The fourth-order valence-electron chi connectivity index (χ4n) is 2.48. The molecule has 0 aliphatic heterocycles. The summed E-state index contributed by atoms with van der Waals surface area (Å²) in [6, 6.07) is 6.61. The molecular weight excluding hydrogens is 236 g/mol. The summed E-state index contributed by atoms with van der Waals surface area (Å²) in [7, 11) is 0. The van der Waals surface area contributed by atoms with Gasteiger partial charge in [0, 0.05) is 23.6 Å². The van der Waals surface area contributed by atoms with Crippen molar-refractivity contribution in [3.05, 3.63) is 35.5 Å². The Bertz CT molecular complexity index is 564. The number of nitrogens with two attached hydrogens (primary N) is 1. The van der Waals surface area contributed by atoms with Crippen LogP contribution in [0.3, 0.4) is 0 Å². The highest BCUT2D eigenvalue weighted by molar-refractivity contribution is 5.85. The molecule has 1 aromatic carbocycles. The van der Waals surface area contributed by atoms with Crippen molar-refractivity contribution < 1.29 is 5.11 Å². The molecule has 0 aliphatic carbocycles. The smallest absolute Gasteiger partial charge is 0.0610 e. The number of rotatable bonds is 4. The van der Waals surface area contributed by atoms with Crippen molar-refractivity contribution in [2.45, 2.75) is 39.2 Å². The molecule has 0 bridgehead atoms. The summed E-state index contributed by atoms with van der Waals surface area (Å²) in [6.07, 6.45) is 3.00. The van der Waals surface area contributed by atoms with Crippen molar-refractivity contribution in [3.63, 3.8) is 0 Å². The van der Waals surface area contributed by atoms with E-state index >= 15 is 0 Å². The predicted octanol–water partition coefficient (Wildman–Crippen LogP) is 2.43. The van der Waals surface area contributed by atoms with Crippen LogP contribution in [0, 0.1) is 0 Å². The van der Waals surface area contributed by atoms with E-state index in [1.54, 1.807) is 0 Å². The number of aliphatic hydroxyl groups excluding tert-OH is 1. The van der Waals surface area contributed by atoms with Crippen molar-refractivity contribution in [2.24, 2.45) is 5.73 Å². The third-order valence-corrected chi connectivity index (χ3v) is 3.58. The van der Waals surface area contributed by atoms with Crippen LogP contribution in [0.1, 0.15) is 31.9 Å². The first-order valence-electron chi connectivity index (χ1n) is 6.90. The third kappa shape index (κ3) is 2.82. The standard InChI is InChI=1S/C16H24N2O/c1-16(2,3)13-4-5-15-14(10-13)12(6-7-17)11-18(15)8-9-19/h4-5,10-11,19H,6-9,17H2,1-3H3. The average Bonchev–Trinajstić information content (AvgIpc) is 2.67. The van der Waals surface area contributed by atoms with E-state index < -0.39 is 0 Å². The van der Waals surface area contributed by atoms with Gasteiger partial charge in [-0.2, -0.15) is 0 Å². The first-order chi connectivity index (χ1) is 8.97. The molecule has 0 aliphatic rings. The average molecular weight is 260 g/mol. The van der Waals surface area contributed by atoms with Gasteiger partial charge in [0.25, 0.3) is 0 Å². The van der Waals surface area contributed by atoms with Gasteiger partial charge in [-0.15, -0.1) is 0 Å². The maximum Gasteiger partial charge on any atom is 0.0610 e. The molecule has 0 saturated carbocycles. The summed E-state index contributed by atoms with van der Waals surface area (Å²) in [6.45, 7) is 8.12. The monoisotopic (exact) mass is 260 g/mol. The van der Waals surface area contributed by atoms with E-state index in [-0.39, 0.29) is 12.0 Å². The van der Waals surface area contributed by atoms with Crippen LogP contribution in [0.25, 0.3) is 10.9 Å². The van der Waals surface area contributed by atoms with Gasteiger partial charge in [-0.05, 0) is 41.6 Å². The number of hydrogen-bond acceptors (Lipinski definition) is 2. The summed E-state index contributed by atoms with van der Waals surface area (Å²) < 4.78 is 2.12. The Balaban J connectivity index is 2.58. The molecule has 0 radical (unpaired) electrons. The van der Waals surface area contributed by atoms with Crippen LogP contribution in [-0.4, -0.2) is 22.8 Å². The van der Waals surface area contributed by atoms with E-state index in [0.29, 0.717) is 13.1 Å². The quantitative estimate of drug-likeness (QED) is 0.887. The maximum absolute atomic E-state index is 9.16. The van der Waals surface area contributed by atoms with Gasteiger partial charge >= 0.3 is 0 Å². The predicted molar refractivity (Wildman–Crippen MR) is 80.5 cm³/mol. The fraction of sp³-hybridized carbons (Fsp3) is 0.500. The normalized spacial score (nSPS) is 12.3. The lowest BCUT2D eigenvalue weighted by Gasteiger charge is -2.19. The second kappa shape index (κ2) is 5.35. The Morgan fingerprint density at radius 1 is 1.26 bits per heavy atom. The summed E-state index contributed by atoms with van der Waals surface area (Å²) in [5.74, 6) is 0. The largest absolute Gasteiger partial charge is 0.395 e. The van der Waals surface area contributed by atoms with Crippen LogP contribution in [0.5, 0.6) is 0 Å². The molecule has 3 nitrogen and oxygen atoms in total. The molecule has 0 spiro atoms. The number of aliphatic hydroxyl groups is 1. The number of benzene rings is 1. The van der Waals surface area contributed by atoms with Crippen LogP contribution in [0.4, 0.5) is 0 Å².